The van der Waals surface area contributed by atoms with Crippen LogP contribution in [0.1, 0.15) is 71.7 Å². The minimum absolute atomic E-state index is 0.00725. The number of anilines is 4. The fourth-order valence-electron chi connectivity index (χ4n) is 14.0. The number of ether oxygens (including phenoxy) is 2. The van der Waals surface area contributed by atoms with Crippen LogP contribution >= 0.6 is 11.6 Å². The number of hydrogen-bond donors (Lipinski definition) is 0. The quantitative estimate of drug-likeness (QED) is 0.0889. The lowest BCUT2D eigenvalue weighted by Gasteiger charge is -2.42. The number of carbonyl (C=O) groups is 2. The lowest BCUT2D eigenvalue weighted by atomic mass is 9.92. The second kappa shape index (κ2) is 24.9. The van der Waals surface area contributed by atoms with Gasteiger partial charge in [-0.05, 0) is 112 Å². The molecule has 0 bridgehead atoms. The molecular formula is C65H70ClF3N14O4. The maximum atomic E-state index is 15.2. The number of rotatable bonds is 15. The normalized spacial score (nSPS) is 21.6. The molecule has 0 spiro atoms. The van der Waals surface area contributed by atoms with Crippen LogP contribution in [0, 0.1) is 35.4 Å². The molecule has 87 heavy (non-hydrogen) atoms. The van der Waals surface area contributed by atoms with E-state index in [9.17, 15) is 28.9 Å². The number of benzene rings is 4. The van der Waals surface area contributed by atoms with Gasteiger partial charge >= 0.3 is 12.0 Å². The van der Waals surface area contributed by atoms with Crippen LogP contribution < -0.4 is 29.1 Å². The summed E-state index contributed by atoms with van der Waals surface area (Å²) in [6.07, 6.45) is 4.00. The summed E-state index contributed by atoms with van der Waals surface area (Å²) in [7, 11) is 4.20. The van der Waals surface area contributed by atoms with Crippen molar-refractivity contribution in [1.82, 2.24) is 39.5 Å². The van der Waals surface area contributed by atoms with E-state index in [2.05, 4.69) is 87.0 Å². The highest BCUT2D eigenvalue weighted by molar-refractivity contribution is 6.36. The zero-order chi connectivity index (χ0) is 60.8. The molecule has 0 aliphatic carbocycles. The molecule has 12 rings (SSSR count). The van der Waals surface area contributed by atoms with Gasteiger partial charge in [-0.1, -0.05) is 61.2 Å². The van der Waals surface area contributed by atoms with Crippen LogP contribution in [-0.4, -0.2) is 168 Å². The largest absolute Gasteiger partial charge is 0.462 e. The molecule has 4 fully saturated rings. The lowest BCUT2D eigenvalue weighted by molar-refractivity contribution is -0.132. The third-order valence-electron chi connectivity index (χ3n) is 18.7. The zero-order valence-corrected chi connectivity index (χ0v) is 50.1. The van der Waals surface area contributed by atoms with Gasteiger partial charge in [0.15, 0.2) is 11.7 Å². The number of nitrogens with zero attached hydrogens (tertiary/aromatic N) is 14. The molecule has 6 aliphatic rings. The Hall–Kier alpha value is -8.24. The Kier molecular flexibility index (Phi) is 16.9. The van der Waals surface area contributed by atoms with Gasteiger partial charge in [-0.2, -0.15) is 30.5 Å². The van der Waals surface area contributed by atoms with Crippen molar-refractivity contribution in [1.29, 1.82) is 10.5 Å². The smallest absolute Gasteiger partial charge is 0.318 e. The molecule has 2 aromatic heterocycles. The maximum Gasteiger partial charge on any atom is 0.318 e. The number of likely N-dealkylation sites (N-methyl/N-ethyl adjacent to an activating group) is 2. The summed E-state index contributed by atoms with van der Waals surface area (Å²) in [6.45, 7) is 14.3. The molecule has 2 amide bonds. The van der Waals surface area contributed by atoms with Gasteiger partial charge in [0.05, 0.1) is 66.6 Å². The molecule has 8 heterocycles. The van der Waals surface area contributed by atoms with Gasteiger partial charge in [0.2, 0.25) is 0 Å². The first-order valence-corrected chi connectivity index (χ1v) is 30.3. The Labute approximate surface area is 509 Å². The zero-order valence-electron chi connectivity index (χ0n) is 49.3. The topological polar surface area (TPSA) is 178 Å². The molecule has 5 atom stereocenters. The number of fused-ring (bicyclic) bond motifs is 4. The van der Waals surface area contributed by atoms with Crippen LogP contribution in [0.4, 0.5) is 36.2 Å². The molecule has 452 valence electrons. The number of nitriles is 2. The molecule has 0 radical (unpaired) electrons. The first kappa shape index (κ1) is 59.1. The van der Waals surface area contributed by atoms with Crippen molar-refractivity contribution in [2.75, 3.05) is 112 Å². The summed E-state index contributed by atoms with van der Waals surface area (Å²) in [6, 6.07) is 23.6. The maximum absolute atomic E-state index is 15.2. The number of aryl methyl sites for hydroxylation is 1. The van der Waals surface area contributed by atoms with Gasteiger partial charge in [-0.3, -0.25) is 14.5 Å². The summed E-state index contributed by atoms with van der Waals surface area (Å²) in [4.78, 5) is 62.3. The Balaban J connectivity index is 0.820. The van der Waals surface area contributed by atoms with E-state index in [0.717, 1.165) is 93.3 Å². The predicted molar refractivity (Wildman–Crippen MR) is 328 cm³/mol. The van der Waals surface area contributed by atoms with Crippen molar-refractivity contribution >= 4 is 68.0 Å². The second-order valence-corrected chi connectivity index (χ2v) is 24.3. The number of amides is 2. The second-order valence-electron chi connectivity index (χ2n) is 23.9. The average molecular weight is 1200 g/mol. The van der Waals surface area contributed by atoms with Crippen molar-refractivity contribution in [2.45, 2.75) is 95.0 Å². The molecule has 4 saturated heterocycles. The van der Waals surface area contributed by atoms with E-state index in [0.29, 0.717) is 80.9 Å². The highest BCUT2D eigenvalue weighted by atomic mass is 35.5. The van der Waals surface area contributed by atoms with Crippen molar-refractivity contribution in [2.24, 2.45) is 0 Å². The number of halogens is 4. The van der Waals surface area contributed by atoms with Gasteiger partial charge in [0, 0.05) is 104 Å². The van der Waals surface area contributed by atoms with Gasteiger partial charge in [-0.25, -0.2) is 13.2 Å². The molecule has 1 unspecified atom stereocenters. The van der Waals surface area contributed by atoms with Gasteiger partial charge in [0.25, 0.3) is 11.8 Å². The van der Waals surface area contributed by atoms with Crippen LogP contribution in [0.3, 0.4) is 0 Å². The molecular weight excluding hydrogens is 1130 g/mol. The van der Waals surface area contributed by atoms with E-state index in [1.54, 1.807) is 13.0 Å². The average Bonchev–Trinajstić information content (AvgIpc) is 1.45. The highest BCUT2D eigenvalue weighted by Gasteiger charge is 2.39. The predicted octanol–water partition coefficient (Wildman–Crippen LogP) is 8.97. The van der Waals surface area contributed by atoms with E-state index in [1.165, 1.54) is 15.9 Å². The molecule has 6 aromatic rings. The van der Waals surface area contributed by atoms with Crippen molar-refractivity contribution in [3.63, 3.8) is 0 Å². The molecule has 18 nitrogen and oxygen atoms in total. The van der Waals surface area contributed by atoms with E-state index >= 15 is 4.39 Å². The Morgan fingerprint density at radius 2 is 1.23 bits per heavy atom. The summed E-state index contributed by atoms with van der Waals surface area (Å²) in [5.41, 5.74) is 7.04. The molecule has 4 aromatic carbocycles. The van der Waals surface area contributed by atoms with Crippen LogP contribution in [0.25, 0.3) is 21.5 Å². The van der Waals surface area contributed by atoms with E-state index < -0.39 is 35.6 Å². The van der Waals surface area contributed by atoms with Gasteiger partial charge in [0.1, 0.15) is 30.7 Å². The summed E-state index contributed by atoms with van der Waals surface area (Å²) >= 11 is 7.17. The van der Waals surface area contributed by atoms with Crippen LogP contribution in [0.2, 0.25) is 5.02 Å². The number of piperazine rings is 2. The minimum atomic E-state index is -1.07. The first-order valence-electron chi connectivity index (χ1n) is 30.0. The van der Waals surface area contributed by atoms with Crippen molar-refractivity contribution in [3.05, 3.63) is 130 Å². The van der Waals surface area contributed by atoms with Crippen LogP contribution in [0.15, 0.2) is 85.5 Å². The fourth-order valence-corrected chi connectivity index (χ4v) is 14.3. The van der Waals surface area contributed by atoms with Gasteiger partial charge in [-0.15, -0.1) is 0 Å². The summed E-state index contributed by atoms with van der Waals surface area (Å²) in [5.74, 6) is -2.59. The highest BCUT2D eigenvalue weighted by Crippen LogP contribution is 2.43. The first-order chi connectivity index (χ1) is 42.0. The Bertz CT molecular complexity index is 3800. The van der Waals surface area contributed by atoms with E-state index in [-0.39, 0.29) is 81.5 Å². The van der Waals surface area contributed by atoms with Crippen LogP contribution in [-0.2, 0) is 35.5 Å². The van der Waals surface area contributed by atoms with Crippen molar-refractivity contribution in [3.8, 4) is 24.2 Å². The SMILES string of the molecule is C=C(F)C(=O)N1CCN(c2nc(OC[C@@H]3CCCN3C)nc3c2CCN(c2cc(C4C[C@@H](COc5nc6c(c(N7CCN(C(=O)C(=C)F)[C@@H](CC#N)C7)n5)CCN(c5cccc7ccc(F)c(C)c57)C6)N(C)C4)cc4cccc(Cl)c24)C3)C[C@H]1CC#N. The number of aromatic nitrogens is 4. The molecule has 0 saturated carbocycles. The van der Waals surface area contributed by atoms with Crippen molar-refractivity contribution < 1.29 is 32.2 Å². The molecule has 22 heteroatoms. The third-order valence-corrected chi connectivity index (χ3v) is 19.0. The number of hydrogen-bond acceptors (Lipinski definition) is 16. The van der Waals surface area contributed by atoms with Crippen LogP contribution in [0.5, 0.6) is 12.0 Å². The Morgan fingerprint density at radius 1 is 0.655 bits per heavy atom. The number of likely N-dealkylation sites (tertiary alicyclic amines) is 2. The lowest BCUT2D eigenvalue weighted by Crippen LogP contribution is -2.55. The van der Waals surface area contributed by atoms with E-state index in [1.807, 2.05) is 30.3 Å². The Morgan fingerprint density at radius 3 is 1.80 bits per heavy atom. The number of carbonyl (C=O) groups excluding carboxylic acids is 2. The van der Waals surface area contributed by atoms with E-state index in [4.69, 9.17) is 41.0 Å². The minimum Gasteiger partial charge on any atom is -0.462 e. The molecule has 0 N–H and O–H groups in total. The fraction of sp³-hybridized carbons (Fsp3) is 0.446. The monoisotopic (exact) mass is 1200 g/mol. The summed E-state index contributed by atoms with van der Waals surface area (Å²) < 4.78 is 56.9. The molecule has 6 aliphatic heterocycles. The summed E-state index contributed by atoms with van der Waals surface area (Å²) in [5, 5.41) is 24.0. The standard InChI is InChI=1S/C65H70ClF3N14O4/c1-39-53(69)15-14-42-9-7-13-56(58(39)42)78-23-18-50-54(35-78)72-65(75-60(50)80-25-27-82(62(84)40(2)67)46(33-80)16-20-70)87-38-49-30-45(32-77(49)5)44-29-43-10-6-12-52(66)59(43)57(31-44)79-24-19-51-55(36-79)73-64(86-37-48-11-8-22-76(48)4)74-61(51)81-26-28-83(63(85)41(3)68)47(34-81)17-21-71/h6-7,9-10,12-15,29,31,45-49H,2-3,8,11,16-19,22-28,30,32-38H2,1,4-5H3/t45?,46-,47+,48-,49-/m0/s1. The third kappa shape index (κ3) is 11.8. The van der Waals surface area contributed by atoms with Gasteiger partial charge < -0.3 is 43.8 Å².